The summed E-state index contributed by atoms with van der Waals surface area (Å²) in [5, 5.41) is 0. The van der Waals surface area contributed by atoms with Gasteiger partial charge in [-0.3, -0.25) is 4.79 Å². The van der Waals surface area contributed by atoms with E-state index in [4.69, 9.17) is 17.3 Å². The summed E-state index contributed by atoms with van der Waals surface area (Å²) in [4.78, 5) is 10.8. The van der Waals surface area contributed by atoms with Crippen molar-refractivity contribution in [2.75, 3.05) is 24.7 Å². The van der Waals surface area contributed by atoms with Crippen LogP contribution in [0.2, 0.25) is 0 Å². The summed E-state index contributed by atoms with van der Waals surface area (Å²) in [5.41, 5.74) is 5.02. The Morgan fingerprint density at radius 3 is 2.44 bits per heavy atom. The van der Waals surface area contributed by atoms with E-state index < -0.39 is 15.9 Å². The van der Waals surface area contributed by atoms with Gasteiger partial charge in [0, 0.05) is 12.4 Å². The normalized spacial score (nSPS) is 11.9. The van der Waals surface area contributed by atoms with E-state index in [1.54, 1.807) is 0 Å². The number of alkyl halides is 1. The van der Waals surface area contributed by atoms with Crippen LogP contribution in [0.5, 0.6) is 0 Å². The summed E-state index contributed by atoms with van der Waals surface area (Å²) in [6.45, 7) is 2.04. The molecule has 0 aliphatic carbocycles. The number of carbonyl (C=O) groups is 1. The minimum Gasteiger partial charge on any atom is -0.369 e. The maximum atomic E-state index is 11.8. The van der Waals surface area contributed by atoms with Gasteiger partial charge in [-0.1, -0.05) is 13.3 Å². The van der Waals surface area contributed by atoms with Gasteiger partial charge >= 0.3 is 0 Å². The lowest BCUT2D eigenvalue weighted by Gasteiger charge is -2.20. The predicted octanol–water partition coefficient (Wildman–Crippen LogP) is 0.533. The molecule has 16 heavy (non-hydrogen) atoms. The molecule has 0 aromatic carbocycles. The third kappa shape index (κ3) is 6.30. The molecule has 1 amide bonds. The predicted molar refractivity (Wildman–Crippen MR) is 64.8 cm³/mol. The van der Waals surface area contributed by atoms with Crippen molar-refractivity contribution >= 4 is 27.5 Å². The van der Waals surface area contributed by atoms with Crippen LogP contribution in [0.15, 0.2) is 0 Å². The highest BCUT2D eigenvalue weighted by molar-refractivity contribution is 7.89. The molecule has 0 saturated carbocycles. The molecule has 0 saturated heterocycles. The number of hydrogen-bond donors (Lipinski definition) is 1. The average Bonchev–Trinajstić information content (AvgIpc) is 2.20. The highest BCUT2D eigenvalue weighted by atomic mass is 35.5. The molecule has 0 aliphatic heterocycles. The van der Waals surface area contributed by atoms with Gasteiger partial charge in [0.05, 0.1) is 12.3 Å². The third-order valence-corrected chi connectivity index (χ3v) is 4.19. The fraction of sp³-hybridized carbons (Fsp3) is 0.889. The second-order valence-corrected chi connectivity index (χ2v) is 5.98. The Hall–Kier alpha value is -0.330. The first-order valence-corrected chi connectivity index (χ1v) is 7.40. The van der Waals surface area contributed by atoms with E-state index in [9.17, 15) is 13.2 Å². The van der Waals surface area contributed by atoms with Crippen LogP contribution in [-0.4, -0.2) is 43.4 Å². The molecule has 0 unspecified atom stereocenters. The van der Waals surface area contributed by atoms with Crippen molar-refractivity contribution in [2.24, 2.45) is 5.73 Å². The summed E-state index contributed by atoms with van der Waals surface area (Å²) in [7, 11) is -3.40. The van der Waals surface area contributed by atoms with E-state index in [0.29, 0.717) is 19.4 Å². The Kier molecular flexibility index (Phi) is 7.70. The molecule has 0 fully saturated rings. The molecule has 0 bridgehead atoms. The Balaban J connectivity index is 4.52. The first-order chi connectivity index (χ1) is 7.44. The van der Waals surface area contributed by atoms with Gasteiger partial charge in [-0.2, -0.15) is 4.31 Å². The molecule has 0 aromatic rings. The molecule has 0 radical (unpaired) electrons. The second kappa shape index (κ2) is 7.86. The van der Waals surface area contributed by atoms with Crippen LogP contribution in [0.1, 0.15) is 26.2 Å². The zero-order valence-electron chi connectivity index (χ0n) is 9.49. The van der Waals surface area contributed by atoms with Crippen molar-refractivity contribution in [1.29, 1.82) is 0 Å². The molecule has 96 valence electrons. The summed E-state index contributed by atoms with van der Waals surface area (Å²) in [6, 6.07) is 0. The Bertz CT molecular complexity index is 306. The zero-order valence-corrected chi connectivity index (χ0v) is 11.1. The molecule has 0 atom stereocenters. The molecule has 0 heterocycles. The number of rotatable bonds is 9. The molecule has 7 heteroatoms. The molecule has 2 N–H and O–H groups in total. The number of nitrogens with two attached hydrogens (primary N) is 1. The van der Waals surface area contributed by atoms with Crippen LogP contribution in [0.3, 0.4) is 0 Å². The van der Waals surface area contributed by atoms with Gasteiger partial charge < -0.3 is 5.73 Å². The molecule has 0 spiro atoms. The number of hydrogen-bond acceptors (Lipinski definition) is 3. The number of unbranched alkanes of at least 4 members (excludes halogenated alkanes) is 1. The van der Waals surface area contributed by atoms with Crippen LogP contribution in [0, 0.1) is 0 Å². The van der Waals surface area contributed by atoms with E-state index in [-0.39, 0.29) is 18.2 Å². The Morgan fingerprint density at radius 2 is 2.00 bits per heavy atom. The summed E-state index contributed by atoms with van der Waals surface area (Å²) in [6.07, 6.45) is 1.96. The third-order valence-electron chi connectivity index (χ3n) is 2.02. The van der Waals surface area contributed by atoms with Gasteiger partial charge in [0.2, 0.25) is 15.9 Å². The SMILES string of the molecule is CCCCN(CC(N)=O)S(=O)(=O)CCCCl. The monoisotopic (exact) mass is 270 g/mol. The first-order valence-electron chi connectivity index (χ1n) is 5.26. The van der Waals surface area contributed by atoms with Crippen LogP contribution in [-0.2, 0) is 14.8 Å². The van der Waals surface area contributed by atoms with Crippen molar-refractivity contribution in [3.05, 3.63) is 0 Å². The van der Waals surface area contributed by atoms with Gasteiger partial charge in [0.15, 0.2) is 0 Å². The number of amides is 1. The smallest absolute Gasteiger partial charge is 0.232 e. The van der Waals surface area contributed by atoms with E-state index in [1.165, 1.54) is 0 Å². The number of nitrogens with zero attached hydrogens (tertiary/aromatic N) is 1. The van der Waals surface area contributed by atoms with Gasteiger partial charge in [-0.05, 0) is 12.8 Å². The van der Waals surface area contributed by atoms with Crippen molar-refractivity contribution in [2.45, 2.75) is 26.2 Å². The maximum Gasteiger partial charge on any atom is 0.232 e. The molecule has 0 aliphatic rings. The topological polar surface area (TPSA) is 80.5 Å². The number of halogens is 1. The van der Waals surface area contributed by atoms with Gasteiger partial charge in [-0.25, -0.2) is 8.42 Å². The van der Waals surface area contributed by atoms with Crippen LogP contribution < -0.4 is 5.73 Å². The molecule has 0 aromatic heterocycles. The van der Waals surface area contributed by atoms with E-state index in [0.717, 1.165) is 10.7 Å². The fourth-order valence-corrected chi connectivity index (χ4v) is 2.98. The fourth-order valence-electron chi connectivity index (χ4n) is 1.19. The highest BCUT2D eigenvalue weighted by Gasteiger charge is 2.22. The number of primary amides is 1. The highest BCUT2D eigenvalue weighted by Crippen LogP contribution is 2.06. The number of sulfonamides is 1. The molecule has 5 nitrogen and oxygen atoms in total. The largest absolute Gasteiger partial charge is 0.369 e. The lowest BCUT2D eigenvalue weighted by molar-refractivity contribution is -0.118. The summed E-state index contributed by atoms with van der Waals surface area (Å²) >= 11 is 5.45. The lowest BCUT2D eigenvalue weighted by Crippen LogP contribution is -2.40. The maximum absolute atomic E-state index is 11.8. The average molecular weight is 271 g/mol. The molecule has 0 rings (SSSR count). The second-order valence-electron chi connectivity index (χ2n) is 3.51. The molecular weight excluding hydrogens is 252 g/mol. The van der Waals surface area contributed by atoms with Crippen LogP contribution >= 0.6 is 11.6 Å². The first kappa shape index (κ1) is 15.7. The van der Waals surface area contributed by atoms with Gasteiger partial charge in [0.1, 0.15) is 0 Å². The van der Waals surface area contributed by atoms with E-state index >= 15 is 0 Å². The zero-order chi connectivity index (χ0) is 12.6. The van der Waals surface area contributed by atoms with Gasteiger partial charge in [0.25, 0.3) is 0 Å². The quantitative estimate of drug-likeness (QED) is 0.621. The Morgan fingerprint density at radius 1 is 1.38 bits per heavy atom. The minimum atomic E-state index is -3.40. The van der Waals surface area contributed by atoms with Crippen molar-refractivity contribution in [3.8, 4) is 0 Å². The van der Waals surface area contributed by atoms with Gasteiger partial charge in [-0.15, -0.1) is 11.6 Å². The number of carbonyl (C=O) groups excluding carboxylic acids is 1. The molecular formula is C9H19ClN2O3S. The lowest BCUT2D eigenvalue weighted by atomic mass is 10.3. The standard InChI is InChI=1S/C9H19ClN2O3S/c1-2-3-6-12(8-9(11)13)16(14,15)7-4-5-10/h2-8H2,1H3,(H2,11,13). The summed E-state index contributed by atoms with van der Waals surface area (Å²) in [5.74, 6) is -0.379. The Labute approximate surface area is 102 Å². The van der Waals surface area contributed by atoms with E-state index in [2.05, 4.69) is 0 Å². The minimum absolute atomic E-state index is 0.0342. The van der Waals surface area contributed by atoms with Crippen molar-refractivity contribution in [3.63, 3.8) is 0 Å². The summed E-state index contributed by atoms with van der Waals surface area (Å²) < 4.78 is 24.7. The van der Waals surface area contributed by atoms with Crippen LogP contribution in [0.4, 0.5) is 0 Å². The van der Waals surface area contributed by atoms with Crippen molar-refractivity contribution < 1.29 is 13.2 Å². The van der Waals surface area contributed by atoms with E-state index in [1.807, 2.05) is 6.92 Å². The van der Waals surface area contributed by atoms with Crippen LogP contribution in [0.25, 0.3) is 0 Å². The van der Waals surface area contributed by atoms with Crippen molar-refractivity contribution in [1.82, 2.24) is 4.31 Å².